The number of aliphatic hydroxyl groups excluding tert-OH is 4. The summed E-state index contributed by atoms with van der Waals surface area (Å²) in [5.74, 6) is 0. The zero-order valence-corrected chi connectivity index (χ0v) is 29.8. The monoisotopic (exact) mass is 605 g/mol. The first-order valence-corrected chi connectivity index (χ1v) is 18.8. The van der Waals surface area contributed by atoms with Crippen molar-refractivity contribution >= 4 is 0 Å². The zero-order valence-electron chi connectivity index (χ0n) is 29.8. The molecule has 0 heterocycles. The summed E-state index contributed by atoms with van der Waals surface area (Å²) in [6.45, 7) is 0. The molecule has 0 atom stereocenters. The van der Waals surface area contributed by atoms with Crippen LogP contribution in [0.15, 0.2) is 0 Å². The summed E-state index contributed by atoms with van der Waals surface area (Å²) in [5.41, 5.74) is 0. The van der Waals surface area contributed by atoms with E-state index in [9.17, 15) is 0 Å². The van der Waals surface area contributed by atoms with Crippen molar-refractivity contribution in [2.75, 3.05) is 28.4 Å². The van der Waals surface area contributed by atoms with Gasteiger partial charge in [-0.3, -0.25) is 0 Å². The van der Waals surface area contributed by atoms with Gasteiger partial charge in [-0.05, 0) is 0 Å². The molecule has 0 saturated heterocycles. The Morgan fingerprint density at radius 3 is 0.167 bits per heavy atom. The minimum atomic E-state index is 1.00. The van der Waals surface area contributed by atoms with Gasteiger partial charge >= 0.3 is 0 Å². The molecule has 0 amide bonds. The smallest absolute Gasteiger partial charge is 0.0319 e. The molecule has 0 bridgehead atoms. The van der Waals surface area contributed by atoms with E-state index in [-0.39, 0.29) is 0 Å². The first-order chi connectivity index (χ1) is 21.0. The van der Waals surface area contributed by atoms with E-state index < -0.39 is 0 Å². The third-order valence-electron chi connectivity index (χ3n) is 8.50. The van der Waals surface area contributed by atoms with Crippen LogP contribution in [0.5, 0.6) is 0 Å². The minimum Gasteiger partial charge on any atom is -0.400 e. The van der Waals surface area contributed by atoms with Gasteiger partial charge in [-0.2, -0.15) is 0 Å². The molecule has 0 spiro atoms. The van der Waals surface area contributed by atoms with Gasteiger partial charge in [-0.15, -0.1) is 0 Å². The number of aliphatic hydroxyl groups is 4. The van der Waals surface area contributed by atoms with Crippen LogP contribution in [0.2, 0.25) is 0 Å². The summed E-state index contributed by atoms with van der Waals surface area (Å²) < 4.78 is 0. The topological polar surface area (TPSA) is 80.9 Å². The Balaban J connectivity index is -0.000000826. The lowest BCUT2D eigenvalue weighted by Gasteiger charge is -2.05. The zero-order chi connectivity index (χ0) is 32.0. The Labute approximate surface area is 266 Å². The highest BCUT2D eigenvalue weighted by Gasteiger charge is 1.98. The van der Waals surface area contributed by atoms with E-state index in [1.54, 1.807) is 0 Å². The van der Waals surface area contributed by atoms with Crippen LogP contribution in [0.1, 0.15) is 218 Å². The maximum absolute atomic E-state index is 7.00. The maximum atomic E-state index is 7.00. The van der Waals surface area contributed by atoms with Crippen LogP contribution in [0, 0.1) is 0 Å². The number of hydrogen-bond donors (Lipinski definition) is 4. The van der Waals surface area contributed by atoms with Crippen LogP contribution >= 0.6 is 0 Å². The molecule has 42 heavy (non-hydrogen) atoms. The van der Waals surface area contributed by atoms with E-state index in [0.717, 1.165) is 28.4 Å². The Morgan fingerprint density at radius 2 is 0.143 bits per heavy atom. The molecular weight excluding hydrogens is 520 g/mol. The number of rotatable bonds is 0. The van der Waals surface area contributed by atoms with E-state index >= 15 is 0 Å². The largest absolute Gasteiger partial charge is 0.400 e. The third-order valence-corrected chi connectivity index (χ3v) is 8.50. The summed E-state index contributed by atoms with van der Waals surface area (Å²) in [4.78, 5) is 0. The fourth-order valence-electron chi connectivity index (χ4n) is 6.01. The maximum Gasteiger partial charge on any atom is 0.0319 e. The lowest BCUT2D eigenvalue weighted by Crippen LogP contribution is -1.85. The van der Waals surface area contributed by atoms with Gasteiger partial charge in [0, 0.05) is 28.4 Å². The average Bonchev–Trinajstić information content (AvgIpc) is 3.05. The highest BCUT2D eigenvalue weighted by Crippen LogP contribution is 2.18. The molecule has 4 N–H and O–H groups in total. The second kappa shape index (κ2) is 56.6. The Bertz CT molecular complexity index is 192. The first kappa shape index (κ1) is 48.7. The van der Waals surface area contributed by atoms with Crippen molar-refractivity contribution in [2.45, 2.75) is 218 Å². The van der Waals surface area contributed by atoms with Gasteiger partial charge in [0.1, 0.15) is 0 Å². The summed E-state index contributed by atoms with van der Waals surface area (Å²) >= 11 is 0. The average molecular weight is 605 g/mol. The quantitative estimate of drug-likeness (QED) is 0.222. The van der Waals surface area contributed by atoms with Crippen molar-refractivity contribution in [1.82, 2.24) is 0 Å². The predicted octanol–water partition coefficient (Wildman–Crippen LogP) is 11.7. The fraction of sp³-hybridized carbons (Fsp3) is 1.00. The summed E-state index contributed by atoms with van der Waals surface area (Å²) in [6.07, 6.45) is 51.0. The molecule has 0 aromatic carbocycles. The normalized spacial score (nSPS) is 20.0. The molecule has 0 aromatic rings. The van der Waals surface area contributed by atoms with Gasteiger partial charge in [0.25, 0.3) is 0 Å². The van der Waals surface area contributed by atoms with Gasteiger partial charge in [0.05, 0.1) is 0 Å². The van der Waals surface area contributed by atoms with E-state index in [0.29, 0.717) is 0 Å². The molecular formula is C38H84O4. The third kappa shape index (κ3) is 52.5. The Hall–Kier alpha value is -0.160. The van der Waals surface area contributed by atoms with E-state index in [1.807, 2.05) is 0 Å². The van der Waals surface area contributed by atoms with Gasteiger partial charge in [0.2, 0.25) is 0 Å². The van der Waals surface area contributed by atoms with E-state index in [4.69, 9.17) is 20.4 Å². The van der Waals surface area contributed by atoms with Crippen LogP contribution in [0.4, 0.5) is 0 Å². The highest BCUT2D eigenvalue weighted by molar-refractivity contribution is 4.53. The van der Waals surface area contributed by atoms with Gasteiger partial charge in [-0.1, -0.05) is 218 Å². The molecule has 1 rings (SSSR count). The van der Waals surface area contributed by atoms with Crippen molar-refractivity contribution < 1.29 is 20.4 Å². The van der Waals surface area contributed by atoms with Crippen molar-refractivity contribution in [3.8, 4) is 0 Å². The standard InChI is InChI=1S/C34H68.4CH4O/c1-2-4-6-8-10-12-14-16-18-20-22-24-26-28-30-32-34-33-31-29-27-25-23-21-19-17-15-13-11-9-7-5-3-1;4*1-2/h1-34H2;4*2H,1H3. The fourth-order valence-corrected chi connectivity index (χ4v) is 6.01. The van der Waals surface area contributed by atoms with Gasteiger partial charge in [-0.25, -0.2) is 0 Å². The van der Waals surface area contributed by atoms with Crippen molar-refractivity contribution in [3.05, 3.63) is 0 Å². The molecule has 0 radical (unpaired) electrons. The highest BCUT2D eigenvalue weighted by atomic mass is 16.2. The van der Waals surface area contributed by atoms with Crippen LogP contribution in [0.3, 0.4) is 0 Å². The first-order valence-electron chi connectivity index (χ1n) is 18.8. The van der Waals surface area contributed by atoms with Crippen LogP contribution < -0.4 is 0 Å². The number of hydrogen-bond acceptors (Lipinski definition) is 4. The SMILES string of the molecule is C1CCCCCCCCCCCCCCCCCCCCCCCCCCCCCCCCC1.CO.CO.CO.CO. The second-order valence-corrected chi connectivity index (χ2v) is 12.0. The minimum absolute atomic E-state index is 1.00. The van der Waals surface area contributed by atoms with Crippen LogP contribution in [0.25, 0.3) is 0 Å². The Morgan fingerprint density at radius 1 is 0.119 bits per heavy atom. The Kier molecular flexibility index (Phi) is 65.7. The molecule has 260 valence electrons. The summed E-state index contributed by atoms with van der Waals surface area (Å²) in [6, 6.07) is 0. The second-order valence-electron chi connectivity index (χ2n) is 12.0. The van der Waals surface area contributed by atoms with E-state index in [2.05, 4.69) is 0 Å². The van der Waals surface area contributed by atoms with Gasteiger partial charge < -0.3 is 20.4 Å². The molecule has 1 fully saturated rings. The predicted molar refractivity (Wildman–Crippen MR) is 190 cm³/mol. The molecule has 0 aromatic heterocycles. The van der Waals surface area contributed by atoms with Crippen molar-refractivity contribution in [3.63, 3.8) is 0 Å². The van der Waals surface area contributed by atoms with Crippen molar-refractivity contribution in [1.29, 1.82) is 0 Å². The summed E-state index contributed by atoms with van der Waals surface area (Å²) in [5, 5.41) is 28.0. The molecule has 1 aliphatic carbocycles. The molecule has 0 aliphatic heterocycles. The molecule has 1 saturated carbocycles. The lowest BCUT2D eigenvalue weighted by molar-refractivity contribution is 0.399. The molecule has 1 aliphatic rings. The molecule has 4 nitrogen and oxygen atoms in total. The summed E-state index contributed by atoms with van der Waals surface area (Å²) in [7, 11) is 4.00. The molecule has 0 unspecified atom stereocenters. The van der Waals surface area contributed by atoms with Crippen molar-refractivity contribution in [2.24, 2.45) is 0 Å². The lowest BCUT2D eigenvalue weighted by atomic mass is 10.0. The molecule has 4 heteroatoms. The van der Waals surface area contributed by atoms with E-state index in [1.165, 1.54) is 218 Å². The van der Waals surface area contributed by atoms with Crippen LogP contribution in [-0.4, -0.2) is 48.9 Å². The van der Waals surface area contributed by atoms with Gasteiger partial charge in [0.15, 0.2) is 0 Å². The van der Waals surface area contributed by atoms with Crippen LogP contribution in [-0.2, 0) is 0 Å².